The molecule has 10 nitrogen and oxygen atoms in total. The first-order valence-electron chi connectivity index (χ1n) is 9.84. The first-order chi connectivity index (χ1) is 15.2. The zero-order valence-electron chi connectivity index (χ0n) is 17.4. The van der Waals surface area contributed by atoms with Crippen molar-refractivity contribution in [1.29, 1.82) is 0 Å². The van der Waals surface area contributed by atoms with Crippen LogP contribution in [-0.4, -0.2) is 69.5 Å². The average molecular weight is 482 g/mol. The molecule has 0 bridgehead atoms. The fourth-order valence-electron chi connectivity index (χ4n) is 2.93. The van der Waals surface area contributed by atoms with E-state index in [9.17, 15) is 19.2 Å². The van der Waals surface area contributed by atoms with Crippen LogP contribution in [0.25, 0.3) is 10.9 Å². The second-order valence-corrected chi connectivity index (χ2v) is 7.96. The third-order valence-corrected chi connectivity index (χ3v) is 5.57. The Morgan fingerprint density at radius 2 is 1.62 bits per heavy atom. The third kappa shape index (κ3) is 6.65. The number of para-hydroxylation sites is 1. The highest BCUT2D eigenvalue weighted by molar-refractivity contribution is 7.80. The summed E-state index contributed by atoms with van der Waals surface area (Å²) < 4.78 is 0. The number of fused-ring (bicyclic) bond motifs is 1. The van der Waals surface area contributed by atoms with E-state index in [1.807, 2.05) is 24.3 Å². The first-order valence-corrected chi connectivity index (χ1v) is 11.1. The van der Waals surface area contributed by atoms with Crippen LogP contribution in [0.2, 0.25) is 0 Å². The van der Waals surface area contributed by atoms with Crippen LogP contribution in [0.1, 0.15) is 12.5 Å². The summed E-state index contributed by atoms with van der Waals surface area (Å²) in [4.78, 5) is 51.9. The number of nitrogens with one attached hydrogen (secondary N) is 4. The second kappa shape index (κ2) is 11.8. The number of hydrogen-bond acceptors (Lipinski definition) is 7. The zero-order valence-corrected chi connectivity index (χ0v) is 19.2. The number of nitrogens with two attached hydrogens (primary N) is 1. The van der Waals surface area contributed by atoms with E-state index in [2.05, 4.69) is 46.2 Å². The largest absolute Gasteiger partial charge is 0.480 e. The number of H-pyrrole nitrogens is 1. The molecule has 0 spiro atoms. The van der Waals surface area contributed by atoms with Crippen molar-refractivity contribution in [3.63, 3.8) is 0 Å². The molecule has 0 saturated heterocycles. The van der Waals surface area contributed by atoms with E-state index < -0.39 is 47.9 Å². The molecule has 2 aromatic rings. The maximum atomic E-state index is 12.8. The molecule has 1 heterocycles. The highest BCUT2D eigenvalue weighted by atomic mass is 32.1. The topological polar surface area (TPSA) is 166 Å². The van der Waals surface area contributed by atoms with Crippen LogP contribution in [0.5, 0.6) is 0 Å². The van der Waals surface area contributed by atoms with Crippen molar-refractivity contribution >= 4 is 59.9 Å². The lowest BCUT2D eigenvalue weighted by molar-refractivity contribution is -0.141. The molecule has 0 radical (unpaired) electrons. The summed E-state index contributed by atoms with van der Waals surface area (Å²) in [6.07, 6.45) is 1.82. The van der Waals surface area contributed by atoms with Gasteiger partial charge in [0.25, 0.3) is 0 Å². The predicted octanol–water partition coefficient (Wildman–Crippen LogP) is -0.544. The molecule has 0 fully saturated rings. The fraction of sp³-hybridized carbons (Fsp3) is 0.400. The van der Waals surface area contributed by atoms with E-state index in [-0.39, 0.29) is 17.9 Å². The quantitative estimate of drug-likeness (QED) is 0.201. The third-order valence-electron chi connectivity index (χ3n) is 4.81. The molecule has 32 heavy (non-hydrogen) atoms. The molecule has 12 heteroatoms. The average Bonchev–Trinajstić information content (AvgIpc) is 3.18. The van der Waals surface area contributed by atoms with Gasteiger partial charge in [-0.3, -0.25) is 19.2 Å². The summed E-state index contributed by atoms with van der Waals surface area (Å²) in [5, 5.41) is 17.4. The number of hydrogen-bond donors (Lipinski definition) is 8. The van der Waals surface area contributed by atoms with E-state index in [0.717, 1.165) is 16.5 Å². The van der Waals surface area contributed by atoms with Gasteiger partial charge in [0.1, 0.15) is 18.1 Å². The molecule has 4 unspecified atom stereocenters. The summed E-state index contributed by atoms with van der Waals surface area (Å²) in [5.74, 6) is -3.06. The lowest BCUT2D eigenvalue weighted by Crippen LogP contribution is -2.58. The monoisotopic (exact) mass is 481 g/mol. The Morgan fingerprint density at radius 3 is 2.25 bits per heavy atom. The van der Waals surface area contributed by atoms with E-state index in [0.29, 0.717) is 0 Å². The first kappa shape index (κ1) is 25.6. The number of carboxylic acid groups (broad SMARTS) is 1. The summed E-state index contributed by atoms with van der Waals surface area (Å²) in [7, 11) is 0. The summed E-state index contributed by atoms with van der Waals surface area (Å²) >= 11 is 8.06. The molecule has 4 atom stereocenters. The van der Waals surface area contributed by atoms with Crippen molar-refractivity contribution < 1.29 is 24.3 Å². The van der Waals surface area contributed by atoms with Crippen LogP contribution in [0, 0.1) is 0 Å². The van der Waals surface area contributed by atoms with Gasteiger partial charge < -0.3 is 31.8 Å². The summed E-state index contributed by atoms with van der Waals surface area (Å²) in [5.41, 5.74) is 7.24. The van der Waals surface area contributed by atoms with Crippen molar-refractivity contribution in [3.8, 4) is 0 Å². The van der Waals surface area contributed by atoms with Crippen LogP contribution in [-0.2, 0) is 25.6 Å². The minimum atomic E-state index is -1.21. The molecule has 0 aliphatic carbocycles. The summed E-state index contributed by atoms with van der Waals surface area (Å²) in [6.45, 7) is 1.32. The van der Waals surface area contributed by atoms with Gasteiger partial charge in [0.15, 0.2) is 0 Å². The molecular weight excluding hydrogens is 454 g/mol. The van der Waals surface area contributed by atoms with Gasteiger partial charge in [-0.05, 0) is 18.6 Å². The van der Waals surface area contributed by atoms with Crippen LogP contribution in [0.3, 0.4) is 0 Å². The number of thiol groups is 2. The summed E-state index contributed by atoms with van der Waals surface area (Å²) in [6, 6.07) is 3.24. The van der Waals surface area contributed by atoms with Gasteiger partial charge in [0.05, 0.1) is 6.04 Å². The van der Waals surface area contributed by atoms with Crippen LogP contribution >= 0.6 is 25.3 Å². The van der Waals surface area contributed by atoms with Crippen LogP contribution in [0.15, 0.2) is 30.5 Å². The number of carbonyl (C=O) groups excluding carboxylic acids is 3. The fourth-order valence-corrected chi connectivity index (χ4v) is 3.36. The highest BCUT2D eigenvalue weighted by Gasteiger charge is 2.29. The molecule has 2 rings (SSSR count). The highest BCUT2D eigenvalue weighted by Crippen LogP contribution is 2.19. The zero-order chi connectivity index (χ0) is 23.8. The number of carboxylic acids is 1. The van der Waals surface area contributed by atoms with Gasteiger partial charge in [0.2, 0.25) is 17.7 Å². The maximum absolute atomic E-state index is 12.8. The molecule has 1 aromatic carbocycles. The number of amides is 3. The lowest BCUT2D eigenvalue weighted by Gasteiger charge is -2.23. The van der Waals surface area contributed by atoms with E-state index in [1.165, 1.54) is 6.92 Å². The van der Waals surface area contributed by atoms with E-state index >= 15 is 0 Å². The van der Waals surface area contributed by atoms with Crippen molar-refractivity contribution in [2.24, 2.45) is 5.73 Å². The molecular formula is C20H27N5O5S2. The number of aromatic amines is 1. The van der Waals surface area contributed by atoms with Crippen molar-refractivity contribution in [3.05, 3.63) is 36.0 Å². The minimum Gasteiger partial charge on any atom is -0.480 e. The van der Waals surface area contributed by atoms with Crippen molar-refractivity contribution in [2.75, 3.05) is 11.5 Å². The van der Waals surface area contributed by atoms with Gasteiger partial charge in [-0.2, -0.15) is 25.3 Å². The van der Waals surface area contributed by atoms with Gasteiger partial charge in [0, 0.05) is 35.0 Å². The molecule has 0 aliphatic heterocycles. The molecule has 1 aromatic heterocycles. The molecule has 0 saturated carbocycles. The Labute approximate surface area is 195 Å². The normalized spacial score (nSPS) is 14.8. The lowest BCUT2D eigenvalue weighted by atomic mass is 10.0. The van der Waals surface area contributed by atoms with Gasteiger partial charge in [-0.25, -0.2) is 0 Å². The molecule has 3 amide bonds. The standard InChI is InChI=1S/C20H27N5O5S2/c1-10(20(29)30)23-18(27)15(6-11-7-22-14-5-3-2-4-12(11)14)24-19(28)16(9-32)25-17(26)13(21)8-31/h2-5,7,10,13,15-16,22,31-32H,6,8-9,21H2,1H3,(H,23,27)(H,24,28)(H,25,26)(H,29,30). The molecule has 0 aliphatic rings. The van der Waals surface area contributed by atoms with Crippen LogP contribution < -0.4 is 21.7 Å². The smallest absolute Gasteiger partial charge is 0.325 e. The number of aromatic nitrogens is 1. The number of aliphatic carboxylic acids is 1. The maximum Gasteiger partial charge on any atom is 0.325 e. The Hall–Kier alpha value is -2.70. The van der Waals surface area contributed by atoms with Gasteiger partial charge >= 0.3 is 5.97 Å². The van der Waals surface area contributed by atoms with Crippen molar-refractivity contribution in [1.82, 2.24) is 20.9 Å². The Morgan fingerprint density at radius 1 is 1.00 bits per heavy atom. The molecule has 7 N–H and O–H groups in total. The Bertz CT molecular complexity index is 982. The Balaban J connectivity index is 2.23. The van der Waals surface area contributed by atoms with Gasteiger partial charge in [-0.1, -0.05) is 18.2 Å². The minimum absolute atomic E-state index is 0.0379. The second-order valence-electron chi connectivity index (χ2n) is 7.23. The van der Waals surface area contributed by atoms with E-state index in [4.69, 9.17) is 10.8 Å². The Kier molecular flexibility index (Phi) is 9.42. The number of rotatable bonds is 11. The van der Waals surface area contributed by atoms with E-state index in [1.54, 1.807) is 6.20 Å². The van der Waals surface area contributed by atoms with Gasteiger partial charge in [-0.15, -0.1) is 0 Å². The van der Waals surface area contributed by atoms with Crippen LogP contribution in [0.4, 0.5) is 0 Å². The molecule has 174 valence electrons. The van der Waals surface area contributed by atoms with Crippen molar-refractivity contribution in [2.45, 2.75) is 37.5 Å². The number of carbonyl (C=O) groups is 4. The number of benzene rings is 1. The SMILES string of the molecule is CC(NC(=O)C(Cc1c[nH]c2ccccc12)NC(=O)C(CS)NC(=O)C(N)CS)C(=O)O. The predicted molar refractivity (Wildman–Crippen MR) is 127 cm³/mol.